The van der Waals surface area contributed by atoms with Gasteiger partial charge in [0, 0.05) is 7.11 Å². The maximum atomic E-state index is 9.63. The lowest BCUT2D eigenvalue weighted by Gasteiger charge is -2.14. The highest BCUT2D eigenvalue weighted by atomic mass is 35.5. The summed E-state index contributed by atoms with van der Waals surface area (Å²) >= 11 is 5.97. The predicted octanol–water partition coefficient (Wildman–Crippen LogP) is 1.23. The van der Waals surface area contributed by atoms with E-state index in [0.29, 0.717) is 29.5 Å². The normalized spacial score (nSPS) is 12.4. The molecule has 1 aromatic carbocycles. The molecule has 0 amide bonds. The number of halogens is 1. The van der Waals surface area contributed by atoms with Crippen LogP contribution in [0.5, 0.6) is 5.75 Å². The molecule has 0 aliphatic heterocycles. The highest BCUT2D eigenvalue weighted by molar-refractivity contribution is 6.32. The first-order valence-electron chi connectivity index (χ1n) is 5.94. The molecule has 5 nitrogen and oxygen atoms in total. The van der Waals surface area contributed by atoms with Gasteiger partial charge < -0.3 is 24.4 Å². The fourth-order valence-electron chi connectivity index (χ4n) is 1.36. The number of aliphatic hydroxyl groups excluding tert-OH is 2. The van der Waals surface area contributed by atoms with Crippen molar-refractivity contribution in [3.63, 3.8) is 0 Å². The van der Waals surface area contributed by atoms with E-state index in [1.54, 1.807) is 25.3 Å². The molecular formula is C13H19ClO5. The van der Waals surface area contributed by atoms with Gasteiger partial charge in [-0.2, -0.15) is 0 Å². The number of ether oxygens (including phenoxy) is 3. The van der Waals surface area contributed by atoms with Gasteiger partial charge >= 0.3 is 0 Å². The van der Waals surface area contributed by atoms with E-state index in [9.17, 15) is 5.11 Å². The first-order valence-corrected chi connectivity index (χ1v) is 6.32. The molecule has 1 unspecified atom stereocenters. The average molecular weight is 291 g/mol. The maximum absolute atomic E-state index is 9.63. The van der Waals surface area contributed by atoms with Gasteiger partial charge in [-0.05, 0) is 17.7 Å². The quantitative estimate of drug-likeness (QED) is 0.670. The summed E-state index contributed by atoms with van der Waals surface area (Å²) in [7, 11) is 1.58. The summed E-state index contributed by atoms with van der Waals surface area (Å²) in [5.74, 6) is 0.467. The van der Waals surface area contributed by atoms with E-state index in [1.165, 1.54) is 0 Å². The van der Waals surface area contributed by atoms with Crippen molar-refractivity contribution in [3.8, 4) is 5.75 Å². The molecule has 0 radical (unpaired) electrons. The van der Waals surface area contributed by atoms with Crippen molar-refractivity contribution in [1.82, 2.24) is 0 Å². The molecular weight excluding hydrogens is 272 g/mol. The van der Waals surface area contributed by atoms with Crippen LogP contribution in [0.4, 0.5) is 0 Å². The Morgan fingerprint density at radius 2 is 2.05 bits per heavy atom. The zero-order valence-electron chi connectivity index (χ0n) is 10.8. The summed E-state index contributed by atoms with van der Waals surface area (Å²) < 4.78 is 15.4. The highest BCUT2D eigenvalue weighted by Crippen LogP contribution is 2.25. The Morgan fingerprint density at radius 3 is 2.68 bits per heavy atom. The molecule has 0 spiro atoms. The lowest BCUT2D eigenvalue weighted by atomic mass is 10.2. The maximum Gasteiger partial charge on any atom is 0.138 e. The minimum atomic E-state index is -0.731. The lowest BCUT2D eigenvalue weighted by molar-refractivity contribution is -0.00418. The molecule has 0 saturated heterocycles. The Morgan fingerprint density at radius 1 is 1.26 bits per heavy atom. The summed E-state index contributed by atoms with van der Waals surface area (Å²) in [4.78, 5) is 0. The Hall–Kier alpha value is -0.850. The van der Waals surface area contributed by atoms with Crippen molar-refractivity contribution < 1.29 is 24.4 Å². The van der Waals surface area contributed by atoms with Gasteiger partial charge in [0.25, 0.3) is 0 Å². The van der Waals surface area contributed by atoms with Crippen LogP contribution in [-0.2, 0) is 16.1 Å². The van der Waals surface area contributed by atoms with Crippen LogP contribution in [0, 0.1) is 0 Å². The molecule has 6 heteroatoms. The molecule has 1 atom stereocenters. The summed E-state index contributed by atoms with van der Waals surface area (Å²) in [6.07, 6.45) is -0.731. The van der Waals surface area contributed by atoms with Crippen LogP contribution >= 0.6 is 11.6 Å². The molecule has 108 valence electrons. The van der Waals surface area contributed by atoms with Crippen LogP contribution in [0.2, 0.25) is 5.02 Å². The molecule has 1 rings (SSSR count). The fraction of sp³-hybridized carbons (Fsp3) is 0.538. The third kappa shape index (κ3) is 6.22. The molecule has 0 heterocycles. The first kappa shape index (κ1) is 16.2. The second kappa shape index (κ2) is 9.12. The van der Waals surface area contributed by atoms with Crippen LogP contribution < -0.4 is 4.74 Å². The zero-order chi connectivity index (χ0) is 14.1. The summed E-state index contributed by atoms with van der Waals surface area (Å²) in [6.45, 7) is 1.11. The van der Waals surface area contributed by atoms with Crippen molar-refractivity contribution >= 4 is 11.6 Å². The van der Waals surface area contributed by atoms with Gasteiger partial charge in [-0.25, -0.2) is 0 Å². The Balaban J connectivity index is 2.31. The fourth-order valence-corrected chi connectivity index (χ4v) is 1.61. The van der Waals surface area contributed by atoms with Crippen molar-refractivity contribution in [2.24, 2.45) is 0 Å². The molecule has 0 bridgehead atoms. The third-order valence-corrected chi connectivity index (χ3v) is 2.65. The molecule has 0 aliphatic rings. The van der Waals surface area contributed by atoms with Gasteiger partial charge in [0.05, 0.1) is 31.5 Å². The van der Waals surface area contributed by atoms with E-state index in [4.69, 9.17) is 30.9 Å². The molecule has 0 aliphatic carbocycles. The minimum Gasteiger partial charge on any atom is -0.489 e. The molecule has 1 aromatic rings. The summed E-state index contributed by atoms with van der Waals surface area (Å²) in [5.41, 5.74) is 0.709. The number of hydrogen-bond donors (Lipinski definition) is 2. The molecule has 0 fully saturated rings. The predicted molar refractivity (Wildman–Crippen MR) is 71.6 cm³/mol. The number of benzene rings is 1. The van der Waals surface area contributed by atoms with Gasteiger partial charge in [0.1, 0.15) is 18.5 Å². The molecule has 19 heavy (non-hydrogen) atoms. The summed E-state index contributed by atoms with van der Waals surface area (Å²) in [5, 5.41) is 19.0. The van der Waals surface area contributed by atoms with E-state index in [2.05, 4.69) is 0 Å². The second-order valence-electron chi connectivity index (χ2n) is 3.96. The van der Waals surface area contributed by atoms with E-state index in [0.717, 1.165) is 0 Å². The first-order chi connectivity index (χ1) is 9.17. The smallest absolute Gasteiger partial charge is 0.138 e. The van der Waals surface area contributed by atoms with Gasteiger partial charge in [0.15, 0.2) is 0 Å². The standard InChI is InChI=1S/C13H19ClO5/c1-17-4-5-18-8-11(16)9-19-13-3-2-10(7-15)6-12(13)14/h2-3,6,11,15-16H,4-5,7-9H2,1H3. The minimum absolute atomic E-state index is 0.0734. The zero-order valence-corrected chi connectivity index (χ0v) is 11.6. The van der Waals surface area contributed by atoms with Gasteiger partial charge in [-0.1, -0.05) is 17.7 Å². The van der Waals surface area contributed by atoms with E-state index >= 15 is 0 Å². The van der Waals surface area contributed by atoms with Crippen molar-refractivity contribution in [2.45, 2.75) is 12.7 Å². The van der Waals surface area contributed by atoms with Crippen molar-refractivity contribution in [3.05, 3.63) is 28.8 Å². The third-order valence-electron chi connectivity index (χ3n) is 2.35. The Bertz CT molecular complexity index is 372. The lowest BCUT2D eigenvalue weighted by Crippen LogP contribution is -2.24. The topological polar surface area (TPSA) is 68.2 Å². The van der Waals surface area contributed by atoms with Gasteiger partial charge in [0.2, 0.25) is 0 Å². The summed E-state index contributed by atoms with van der Waals surface area (Å²) in [6, 6.07) is 4.99. The van der Waals surface area contributed by atoms with Crippen LogP contribution in [0.1, 0.15) is 5.56 Å². The van der Waals surface area contributed by atoms with Crippen LogP contribution in [-0.4, -0.2) is 49.9 Å². The monoisotopic (exact) mass is 290 g/mol. The second-order valence-corrected chi connectivity index (χ2v) is 4.36. The highest BCUT2D eigenvalue weighted by Gasteiger charge is 2.08. The largest absolute Gasteiger partial charge is 0.489 e. The van der Waals surface area contributed by atoms with Crippen LogP contribution in [0.3, 0.4) is 0 Å². The van der Waals surface area contributed by atoms with E-state index in [-0.39, 0.29) is 19.8 Å². The number of rotatable bonds is 9. The van der Waals surface area contributed by atoms with E-state index in [1.807, 2.05) is 0 Å². The van der Waals surface area contributed by atoms with E-state index < -0.39 is 6.10 Å². The Kier molecular flexibility index (Phi) is 7.78. The Labute approximate surface area is 117 Å². The van der Waals surface area contributed by atoms with Gasteiger partial charge in [-0.3, -0.25) is 0 Å². The van der Waals surface area contributed by atoms with Crippen molar-refractivity contribution in [2.75, 3.05) is 33.5 Å². The van der Waals surface area contributed by atoms with Crippen LogP contribution in [0.25, 0.3) is 0 Å². The number of aliphatic hydroxyl groups is 2. The van der Waals surface area contributed by atoms with Crippen LogP contribution in [0.15, 0.2) is 18.2 Å². The number of hydrogen-bond acceptors (Lipinski definition) is 5. The molecule has 0 saturated carbocycles. The molecule has 0 aromatic heterocycles. The average Bonchev–Trinajstić information content (AvgIpc) is 2.42. The number of methoxy groups -OCH3 is 1. The van der Waals surface area contributed by atoms with Crippen molar-refractivity contribution in [1.29, 1.82) is 0 Å². The molecule has 2 N–H and O–H groups in total. The SMILES string of the molecule is COCCOCC(O)COc1ccc(CO)cc1Cl. The van der Waals surface area contributed by atoms with Gasteiger partial charge in [-0.15, -0.1) is 0 Å².